The minimum Gasteiger partial charge on any atom is -0.350 e. The summed E-state index contributed by atoms with van der Waals surface area (Å²) in [6, 6.07) is 7.20. The van der Waals surface area contributed by atoms with Crippen LogP contribution in [0.3, 0.4) is 0 Å². The van der Waals surface area contributed by atoms with E-state index in [4.69, 9.17) is 0 Å². The molecule has 0 saturated carbocycles. The van der Waals surface area contributed by atoms with Crippen molar-refractivity contribution in [1.29, 1.82) is 0 Å². The highest BCUT2D eigenvalue weighted by atomic mass is 79.9. The van der Waals surface area contributed by atoms with Crippen LogP contribution in [0, 0.1) is 0 Å². The number of rotatable bonds is 6. The fourth-order valence-corrected chi connectivity index (χ4v) is 4.40. The molecule has 0 bridgehead atoms. The van der Waals surface area contributed by atoms with Crippen molar-refractivity contribution in [3.05, 3.63) is 49.5 Å². The van der Waals surface area contributed by atoms with Crippen LogP contribution in [0.5, 0.6) is 0 Å². The van der Waals surface area contributed by atoms with E-state index in [1.54, 1.807) is 12.3 Å². The van der Waals surface area contributed by atoms with Crippen LogP contribution in [0.2, 0.25) is 0 Å². The zero-order chi connectivity index (χ0) is 17.6. The molecule has 0 radical (unpaired) electrons. The van der Waals surface area contributed by atoms with Gasteiger partial charge >= 0.3 is 0 Å². The Kier molecular flexibility index (Phi) is 6.39. The topological polar surface area (TPSA) is 67.2 Å². The lowest BCUT2D eigenvalue weighted by atomic mass is 10.0. The molecule has 8 heteroatoms. The van der Waals surface area contributed by atoms with E-state index >= 15 is 0 Å². The molecule has 6 nitrogen and oxygen atoms in total. The molecule has 1 saturated heterocycles. The second kappa shape index (κ2) is 8.73. The molecule has 1 amide bonds. The van der Waals surface area contributed by atoms with Gasteiger partial charge in [0.2, 0.25) is 0 Å². The van der Waals surface area contributed by atoms with Crippen LogP contribution in [0.15, 0.2) is 39.0 Å². The van der Waals surface area contributed by atoms with Gasteiger partial charge in [-0.05, 0) is 53.5 Å². The van der Waals surface area contributed by atoms with Crippen LogP contribution in [0.4, 0.5) is 0 Å². The van der Waals surface area contributed by atoms with Gasteiger partial charge in [-0.15, -0.1) is 11.3 Å². The molecule has 1 N–H and O–H groups in total. The number of nitrogens with one attached hydrogen (secondary N) is 1. The van der Waals surface area contributed by atoms with E-state index in [0.717, 1.165) is 29.7 Å². The Morgan fingerprint density at radius 2 is 2.20 bits per heavy atom. The number of piperidine rings is 1. The Hall–Kier alpha value is -1.51. The molecule has 0 aromatic carbocycles. The van der Waals surface area contributed by atoms with Crippen LogP contribution >= 0.6 is 27.3 Å². The van der Waals surface area contributed by atoms with Crippen molar-refractivity contribution >= 4 is 33.2 Å². The Labute approximate surface area is 159 Å². The molecule has 134 valence electrons. The third-order valence-corrected chi connectivity index (χ3v) is 6.05. The van der Waals surface area contributed by atoms with Gasteiger partial charge < -0.3 is 5.32 Å². The molecule has 3 heterocycles. The Bertz CT molecular complexity index is 776. The Morgan fingerprint density at radius 3 is 2.96 bits per heavy atom. The van der Waals surface area contributed by atoms with Crippen LogP contribution < -0.4 is 10.9 Å². The van der Waals surface area contributed by atoms with Gasteiger partial charge in [-0.25, -0.2) is 4.68 Å². The van der Waals surface area contributed by atoms with Crippen molar-refractivity contribution in [1.82, 2.24) is 20.0 Å². The molecule has 1 fully saturated rings. The summed E-state index contributed by atoms with van der Waals surface area (Å²) in [5.74, 6) is -0.0258. The second-order valence-electron chi connectivity index (χ2n) is 6.08. The molecule has 0 spiro atoms. The molecular weight excluding hydrogens is 404 g/mol. The lowest BCUT2D eigenvalue weighted by Crippen LogP contribution is -2.48. The van der Waals surface area contributed by atoms with Gasteiger partial charge in [0.05, 0.1) is 15.2 Å². The van der Waals surface area contributed by atoms with Gasteiger partial charge in [-0.2, -0.15) is 5.10 Å². The van der Waals surface area contributed by atoms with Gasteiger partial charge in [0.15, 0.2) is 0 Å². The number of carbonyl (C=O) groups excluding carboxylic acids is 1. The van der Waals surface area contributed by atoms with Crippen molar-refractivity contribution in [3.63, 3.8) is 0 Å². The van der Waals surface area contributed by atoms with Gasteiger partial charge in [-0.1, -0.05) is 6.42 Å². The van der Waals surface area contributed by atoms with Crippen molar-refractivity contribution in [2.24, 2.45) is 0 Å². The van der Waals surface area contributed by atoms with E-state index in [1.165, 1.54) is 28.5 Å². The quantitative estimate of drug-likeness (QED) is 0.772. The lowest BCUT2D eigenvalue weighted by Gasteiger charge is -2.35. The average Bonchev–Trinajstić information content (AvgIpc) is 3.06. The smallest absolute Gasteiger partial charge is 0.266 e. The predicted molar refractivity (Wildman–Crippen MR) is 102 cm³/mol. The SMILES string of the molecule is O=C(NCC1CCCCN1CCn1ncccc1=O)c1ccc(Br)s1. The minimum atomic E-state index is -0.0763. The van der Waals surface area contributed by atoms with Crippen LogP contribution in [0.1, 0.15) is 28.9 Å². The largest absolute Gasteiger partial charge is 0.350 e. The number of amides is 1. The van der Waals surface area contributed by atoms with E-state index < -0.39 is 0 Å². The molecule has 1 aliphatic rings. The predicted octanol–water partition coefficient (Wildman–Crippen LogP) is 2.35. The average molecular weight is 425 g/mol. The zero-order valence-corrected chi connectivity index (χ0v) is 16.3. The number of nitrogens with zero attached hydrogens (tertiary/aromatic N) is 3. The van der Waals surface area contributed by atoms with Crippen LogP contribution in [-0.2, 0) is 6.54 Å². The summed E-state index contributed by atoms with van der Waals surface area (Å²) < 4.78 is 2.45. The molecule has 0 aliphatic carbocycles. The molecule has 1 unspecified atom stereocenters. The Balaban J connectivity index is 1.54. The minimum absolute atomic E-state index is 0.0258. The van der Waals surface area contributed by atoms with E-state index in [0.29, 0.717) is 24.0 Å². The first-order valence-corrected chi connectivity index (χ1v) is 10.0. The molecule has 1 aliphatic heterocycles. The number of hydrogen-bond acceptors (Lipinski definition) is 5. The van der Waals surface area contributed by atoms with Crippen molar-refractivity contribution in [2.75, 3.05) is 19.6 Å². The number of carbonyl (C=O) groups is 1. The third-order valence-electron chi connectivity index (χ3n) is 4.43. The first-order valence-electron chi connectivity index (χ1n) is 8.43. The maximum atomic E-state index is 12.2. The molecule has 1 atom stereocenters. The summed E-state index contributed by atoms with van der Waals surface area (Å²) in [7, 11) is 0. The first-order chi connectivity index (χ1) is 12.1. The van der Waals surface area contributed by atoms with Gasteiger partial charge in [0.25, 0.3) is 11.5 Å². The van der Waals surface area contributed by atoms with Crippen LogP contribution in [-0.4, -0.2) is 46.3 Å². The third kappa shape index (κ3) is 4.99. The van der Waals surface area contributed by atoms with Crippen molar-refractivity contribution in [3.8, 4) is 0 Å². The molecule has 2 aromatic rings. The molecule has 25 heavy (non-hydrogen) atoms. The highest BCUT2D eigenvalue weighted by Crippen LogP contribution is 2.22. The van der Waals surface area contributed by atoms with Crippen LogP contribution in [0.25, 0.3) is 0 Å². The van der Waals surface area contributed by atoms with Gasteiger partial charge in [0.1, 0.15) is 0 Å². The lowest BCUT2D eigenvalue weighted by molar-refractivity contribution is 0.0913. The maximum Gasteiger partial charge on any atom is 0.266 e. The van der Waals surface area contributed by atoms with E-state index in [-0.39, 0.29) is 11.5 Å². The summed E-state index contributed by atoms with van der Waals surface area (Å²) in [4.78, 5) is 27.1. The summed E-state index contributed by atoms with van der Waals surface area (Å²) in [5, 5.41) is 7.15. The Morgan fingerprint density at radius 1 is 1.32 bits per heavy atom. The summed E-state index contributed by atoms with van der Waals surface area (Å²) in [6.07, 6.45) is 5.02. The highest BCUT2D eigenvalue weighted by molar-refractivity contribution is 9.11. The second-order valence-corrected chi connectivity index (χ2v) is 8.55. The monoisotopic (exact) mass is 424 g/mol. The van der Waals surface area contributed by atoms with E-state index in [9.17, 15) is 9.59 Å². The number of hydrogen-bond donors (Lipinski definition) is 1. The number of aromatic nitrogens is 2. The van der Waals surface area contributed by atoms with E-state index in [2.05, 4.69) is 31.2 Å². The molecular formula is C17H21BrN4O2S. The summed E-state index contributed by atoms with van der Waals surface area (Å²) in [5.41, 5.74) is -0.0763. The normalized spacial score (nSPS) is 18.2. The standard InChI is InChI=1S/C17H21BrN4O2S/c18-15-7-6-14(25-15)17(24)19-12-13-4-1-2-9-21(13)10-11-22-16(23)5-3-8-20-22/h3,5-8,13H,1-2,4,9-12H2,(H,19,24). The number of thiophene rings is 1. The highest BCUT2D eigenvalue weighted by Gasteiger charge is 2.23. The maximum absolute atomic E-state index is 12.2. The first kappa shape index (κ1) is 18.3. The molecule has 3 rings (SSSR count). The number of likely N-dealkylation sites (tertiary alicyclic amines) is 1. The van der Waals surface area contributed by atoms with Crippen molar-refractivity contribution < 1.29 is 4.79 Å². The fraction of sp³-hybridized carbons (Fsp3) is 0.471. The number of halogens is 1. The summed E-state index contributed by atoms with van der Waals surface area (Å²) in [6.45, 7) is 2.96. The van der Waals surface area contributed by atoms with E-state index in [1.807, 2.05) is 12.1 Å². The molecule has 2 aromatic heterocycles. The van der Waals surface area contributed by atoms with Crippen molar-refractivity contribution in [2.45, 2.75) is 31.8 Å². The van der Waals surface area contributed by atoms with Gasteiger partial charge in [0, 0.05) is 31.4 Å². The fourth-order valence-electron chi connectivity index (χ4n) is 3.10. The zero-order valence-electron chi connectivity index (χ0n) is 13.9. The van der Waals surface area contributed by atoms with Gasteiger partial charge in [-0.3, -0.25) is 14.5 Å². The summed E-state index contributed by atoms with van der Waals surface area (Å²) >= 11 is 4.82.